The molecule has 3 rings (SSSR count). The van der Waals surface area contributed by atoms with E-state index in [1.807, 2.05) is 11.8 Å². The van der Waals surface area contributed by atoms with Crippen LogP contribution in [0.2, 0.25) is 0 Å². The average molecular weight is 276 g/mol. The summed E-state index contributed by atoms with van der Waals surface area (Å²) in [4.78, 5) is 1.46. The Balaban J connectivity index is 1.46. The first kappa shape index (κ1) is 13.5. The molecule has 104 valence electrons. The molecule has 0 spiro atoms. The van der Waals surface area contributed by atoms with Crippen molar-refractivity contribution in [1.82, 2.24) is 0 Å². The molecule has 0 aromatic heterocycles. The summed E-state index contributed by atoms with van der Waals surface area (Å²) >= 11 is 2.01. The minimum Gasteiger partial charge on any atom is -0.377 e. The van der Waals surface area contributed by atoms with Crippen molar-refractivity contribution in [2.24, 2.45) is 5.92 Å². The van der Waals surface area contributed by atoms with Crippen LogP contribution in [0.1, 0.15) is 44.6 Å². The number of fused-ring (bicyclic) bond motifs is 1. The Kier molecular flexibility index (Phi) is 4.49. The molecule has 3 atom stereocenters. The van der Waals surface area contributed by atoms with Gasteiger partial charge in [-0.3, -0.25) is 0 Å². The van der Waals surface area contributed by atoms with Gasteiger partial charge < -0.3 is 4.74 Å². The SMILES string of the molecule is CCC1CCCC(OCC2Cc3ccccc3S2)C1. The summed E-state index contributed by atoms with van der Waals surface area (Å²) in [6.45, 7) is 3.25. The second-order valence-electron chi connectivity index (χ2n) is 5.95. The van der Waals surface area contributed by atoms with E-state index in [4.69, 9.17) is 4.74 Å². The fraction of sp³-hybridized carbons (Fsp3) is 0.647. The van der Waals surface area contributed by atoms with E-state index < -0.39 is 0 Å². The van der Waals surface area contributed by atoms with Crippen molar-refractivity contribution in [2.75, 3.05) is 6.61 Å². The zero-order chi connectivity index (χ0) is 13.1. The van der Waals surface area contributed by atoms with Crippen LogP contribution in [0.4, 0.5) is 0 Å². The second-order valence-corrected chi connectivity index (χ2v) is 7.29. The first-order chi connectivity index (χ1) is 9.35. The van der Waals surface area contributed by atoms with Crippen LogP contribution in [-0.2, 0) is 11.2 Å². The Hall–Kier alpha value is -0.470. The maximum absolute atomic E-state index is 6.21. The fourth-order valence-corrected chi connectivity index (χ4v) is 4.58. The number of thioether (sulfide) groups is 1. The predicted octanol–water partition coefficient (Wildman–Crippen LogP) is 4.69. The van der Waals surface area contributed by atoms with Gasteiger partial charge in [-0.2, -0.15) is 0 Å². The van der Waals surface area contributed by atoms with Crippen LogP contribution in [0.25, 0.3) is 0 Å². The topological polar surface area (TPSA) is 9.23 Å². The van der Waals surface area contributed by atoms with Gasteiger partial charge in [0, 0.05) is 10.1 Å². The van der Waals surface area contributed by atoms with Crippen molar-refractivity contribution in [3.05, 3.63) is 29.8 Å². The molecule has 2 aliphatic rings. The van der Waals surface area contributed by atoms with Crippen LogP contribution in [0, 0.1) is 5.92 Å². The van der Waals surface area contributed by atoms with Gasteiger partial charge in [0.2, 0.25) is 0 Å². The number of ether oxygens (including phenoxy) is 1. The molecule has 1 aromatic carbocycles. The largest absolute Gasteiger partial charge is 0.377 e. The Morgan fingerprint density at radius 3 is 3.00 bits per heavy atom. The second kappa shape index (κ2) is 6.32. The zero-order valence-electron chi connectivity index (χ0n) is 11.8. The van der Waals surface area contributed by atoms with Gasteiger partial charge >= 0.3 is 0 Å². The van der Waals surface area contributed by atoms with Gasteiger partial charge in [0.1, 0.15) is 0 Å². The summed E-state index contributed by atoms with van der Waals surface area (Å²) < 4.78 is 6.21. The molecule has 1 aromatic rings. The first-order valence-corrected chi connectivity index (χ1v) is 8.59. The standard InChI is InChI=1S/C17H24OS/c1-2-13-6-5-8-15(10-13)18-12-16-11-14-7-3-4-9-17(14)19-16/h3-4,7,9,13,15-16H,2,5-6,8,10-12H2,1H3. The van der Waals surface area contributed by atoms with Crippen molar-refractivity contribution in [3.63, 3.8) is 0 Å². The number of hydrogen-bond donors (Lipinski definition) is 0. The molecule has 0 bridgehead atoms. The van der Waals surface area contributed by atoms with Crippen LogP contribution in [-0.4, -0.2) is 18.0 Å². The third kappa shape index (κ3) is 3.35. The van der Waals surface area contributed by atoms with E-state index in [0.717, 1.165) is 12.5 Å². The van der Waals surface area contributed by atoms with Gasteiger partial charge in [-0.15, -0.1) is 11.8 Å². The van der Waals surface area contributed by atoms with Gasteiger partial charge in [-0.1, -0.05) is 44.4 Å². The molecule has 1 heterocycles. The third-order valence-corrected chi connectivity index (χ3v) is 5.83. The van der Waals surface area contributed by atoms with Crippen LogP contribution < -0.4 is 0 Å². The zero-order valence-corrected chi connectivity index (χ0v) is 12.6. The summed E-state index contributed by atoms with van der Waals surface area (Å²) in [6.07, 6.45) is 8.39. The highest BCUT2D eigenvalue weighted by Gasteiger charge is 2.25. The van der Waals surface area contributed by atoms with Gasteiger partial charge in [0.25, 0.3) is 0 Å². The lowest BCUT2D eigenvalue weighted by atomic mass is 9.85. The fourth-order valence-electron chi connectivity index (χ4n) is 3.35. The Bertz CT molecular complexity index is 392. The van der Waals surface area contributed by atoms with Crippen LogP contribution in [0.3, 0.4) is 0 Å². The highest BCUT2D eigenvalue weighted by Crippen LogP contribution is 2.37. The molecule has 19 heavy (non-hydrogen) atoms. The summed E-state index contributed by atoms with van der Waals surface area (Å²) in [5.74, 6) is 0.909. The van der Waals surface area contributed by atoms with E-state index >= 15 is 0 Å². The molecule has 0 radical (unpaired) electrons. The lowest BCUT2D eigenvalue weighted by molar-refractivity contribution is 0.0137. The number of rotatable bonds is 4. The summed E-state index contributed by atoms with van der Waals surface area (Å²) in [5.41, 5.74) is 1.51. The van der Waals surface area contributed by atoms with E-state index in [-0.39, 0.29) is 0 Å². The van der Waals surface area contributed by atoms with Crippen molar-refractivity contribution in [2.45, 2.75) is 61.7 Å². The Morgan fingerprint density at radius 1 is 1.26 bits per heavy atom. The van der Waals surface area contributed by atoms with E-state index in [0.29, 0.717) is 11.4 Å². The Labute approximate surface area is 121 Å². The lowest BCUT2D eigenvalue weighted by Crippen LogP contribution is -2.25. The van der Waals surface area contributed by atoms with Crippen molar-refractivity contribution >= 4 is 11.8 Å². The van der Waals surface area contributed by atoms with Gasteiger partial charge in [-0.25, -0.2) is 0 Å². The molecule has 1 aliphatic carbocycles. The van der Waals surface area contributed by atoms with E-state index in [1.54, 1.807) is 0 Å². The normalized spacial score (nSPS) is 30.3. The maximum atomic E-state index is 6.21. The maximum Gasteiger partial charge on any atom is 0.0595 e. The minimum absolute atomic E-state index is 0.531. The van der Waals surface area contributed by atoms with Crippen molar-refractivity contribution < 1.29 is 4.74 Å². The van der Waals surface area contributed by atoms with Crippen LogP contribution >= 0.6 is 11.8 Å². The monoisotopic (exact) mass is 276 g/mol. The molecule has 1 nitrogen and oxygen atoms in total. The molecule has 1 aliphatic heterocycles. The van der Waals surface area contributed by atoms with Gasteiger partial charge in [0.05, 0.1) is 12.7 Å². The highest BCUT2D eigenvalue weighted by molar-refractivity contribution is 8.00. The Morgan fingerprint density at radius 2 is 2.16 bits per heavy atom. The van der Waals surface area contributed by atoms with Crippen LogP contribution in [0.5, 0.6) is 0 Å². The summed E-state index contributed by atoms with van der Waals surface area (Å²) in [7, 11) is 0. The lowest BCUT2D eigenvalue weighted by Gasteiger charge is -2.29. The predicted molar refractivity (Wildman–Crippen MR) is 81.8 cm³/mol. The average Bonchev–Trinajstić information content (AvgIpc) is 2.88. The minimum atomic E-state index is 0.531. The molecule has 2 heteroatoms. The molecule has 3 unspecified atom stereocenters. The third-order valence-electron chi connectivity index (χ3n) is 4.54. The van der Waals surface area contributed by atoms with E-state index in [1.165, 1.54) is 49.0 Å². The van der Waals surface area contributed by atoms with Gasteiger partial charge in [0.15, 0.2) is 0 Å². The molecular weight excluding hydrogens is 252 g/mol. The first-order valence-electron chi connectivity index (χ1n) is 7.71. The summed E-state index contributed by atoms with van der Waals surface area (Å²) in [5, 5.41) is 0.638. The van der Waals surface area contributed by atoms with E-state index in [2.05, 4.69) is 31.2 Å². The molecule has 0 amide bonds. The quantitative estimate of drug-likeness (QED) is 0.789. The summed E-state index contributed by atoms with van der Waals surface area (Å²) in [6, 6.07) is 8.79. The molecule has 1 fully saturated rings. The van der Waals surface area contributed by atoms with Gasteiger partial charge in [-0.05, 0) is 36.8 Å². The smallest absolute Gasteiger partial charge is 0.0595 e. The number of benzene rings is 1. The van der Waals surface area contributed by atoms with E-state index in [9.17, 15) is 0 Å². The highest BCUT2D eigenvalue weighted by atomic mass is 32.2. The molecule has 0 N–H and O–H groups in total. The number of hydrogen-bond acceptors (Lipinski definition) is 2. The molecular formula is C17H24OS. The van der Waals surface area contributed by atoms with Crippen LogP contribution in [0.15, 0.2) is 29.2 Å². The van der Waals surface area contributed by atoms with Crippen molar-refractivity contribution in [3.8, 4) is 0 Å². The van der Waals surface area contributed by atoms with Crippen molar-refractivity contribution in [1.29, 1.82) is 0 Å². The molecule has 1 saturated carbocycles. The molecule has 0 saturated heterocycles.